The van der Waals surface area contributed by atoms with Crippen LogP contribution in [0.4, 0.5) is 11.8 Å². The van der Waals surface area contributed by atoms with Crippen LogP contribution in [0.3, 0.4) is 0 Å². The Hall–Kier alpha value is -2.78. The summed E-state index contributed by atoms with van der Waals surface area (Å²) in [6.45, 7) is 10.00. The quantitative estimate of drug-likeness (QED) is 0.229. The second-order valence-corrected chi connectivity index (χ2v) is 10.2. The molecule has 9 nitrogen and oxygen atoms in total. The first-order chi connectivity index (χ1) is 18.5. The minimum Gasteiger partial charge on any atom is -0.464 e. The van der Waals surface area contributed by atoms with Crippen molar-refractivity contribution in [3.8, 4) is 0 Å². The summed E-state index contributed by atoms with van der Waals surface area (Å²) in [5.41, 5.74) is 3.44. The maximum atomic E-state index is 12.9. The van der Waals surface area contributed by atoms with Gasteiger partial charge in [0.25, 0.3) is 0 Å². The summed E-state index contributed by atoms with van der Waals surface area (Å²) in [5.74, 6) is 1.25. The van der Waals surface area contributed by atoms with Gasteiger partial charge in [0.1, 0.15) is 11.9 Å². The molecule has 0 spiro atoms. The third kappa shape index (κ3) is 10.2. The van der Waals surface area contributed by atoms with Gasteiger partial charge in [-0.15, -0.1) is 0 Å². The average molecular weight is 527 g/mol. The third-order valence-electron chi connectivity index (χ3n) is 6.87. The summed E-state index contributed by atoms with van der Waals surface area (Å²) in [5, 5.41) is 6.63. The standard InChI is InChI=1S/C29H46N6O3/c1-5-6-18-38-28(36)26(34-29-31-19-22(2)20-32-29)14-17-35(21-23(3)37-4)16-8-7-11-25-13-12-24-10-9-15-30-27(24)33-25/h12-13,19-20,23,26H,5-11,14-18,21H2,1-4H3,(H,30,33)(H,31,32,34)/t23-,26?/m0/s1. The first kappa shape index (κ1) is 29.8. The highest BCUT2D eigenvalue weighted by Crippen LogP contribution is 2.20. The SMILES string of the molecule is CCCCOC(=O)C(CCN(CCCCc1ccc2c(n1)NCCC2)C[C@H](C)OC)Nc1ncc(C)cn1. The summed E-state index contributed by atoms with van der Waals surface area (Å²) in [6, 6.07) is 3.88. The van der Waals surface area contributed by atoms with Gasteiger partial charge < -0.3 is 25.0 Å². The molecule has 0 radical (unpaired) electrons. The molecular weight excluding hydrogens is 480 g/mol. The lowest BCUT2D eigenvalue weighted by Gasteiger charge is -2.27. The number of anilines is 2. The summed E-state index contributed by atoms with van der Waals surface area (Å²) >= 11 is 0. The molecule has 0 saturated carbocycles. The number of carbonyl (C=O) groups excluding carboxylic acids is 1. The van der Waals surface area contributed by atoms with E-state index in [9.17, 15) is 4.79 Å². The molecule has 1 aliphatic heterocycles. The lowest BCUT2D eigenvalue weighted by Crippen LogP contribution is -2.39. The molecule has 2 N–H and O–H groups in total. The lowest BCUT2D eigenvalue weighted by atomic mass is 10.1. The number of fused-ring (bicyclic) bond motifs is 1. The second-order valence-electron chi connectivity index (χ2n) is 10.2. The Bertz CT molecular complexity index is 971. The average Bonchev–Trinajstić information content (AvgIpc) is 2.93. The Morgan fingerprint density at radius 1 is 1.18 bits per heavy atom. The van der Waals surface area contributed by atoms with Crippen LogP contribution in [-0.4, -0.2) is 77.9 Å². The summed E-state index contributed by atoms with van der Waals surface area (Å²) in [4.78, 5) is 28.8. The monoisotopic (exact) mass is 526 g/mol. The van der Waals surface area contributed by atoms with Crippen LogP contribution >= 0.6 is 0 Å². The summed E-state index contributed by atoms with van der Waals surface area (Å²) in [7, 11) is 1.74. The molecule has 38 heavy (non-hydrogen) atoms. The van der Waals surface area contributed by atoms with E-state index in [1.54, 1.807) is 19.5 Å². The van der Waals surface area contributed by atoms with Crippen molar-refractivity contribution in [2.24, 2.45) is 0 Å². The lowest BCUT2D eigenvalue weighted by molar-refractivity contribution is -0.145. The molecule has 1 aliphatic rings. The Morgan fingerprint density at radius 3 is 2.76 bits per heavy atom. The number of ether oxygens (including phenoxy) is 2. The predicted octanol–water partition coefficient (Wildman–Crippen LogP) is 4.41. The van der Waals surface area contributed by atoms with Gasteiger partial charge in [-0.2, -0.15) is 0 Å². The van der Waals surface area contributed by atoms with Crippen LogP contribution in [0.25, 0.3) is 0 Å². The molecule has 0 saturated heterocycles. The van der Waals surface area contributed by atoms with Crippen LogP contribution in [0, 0.1) is 6.92 Å². The smallest absolute Gasteiger partial charge is 0.328 e. The molecule has 0 bridgehead atoms. The van der Waals surface area contributed by atoms with Gasteiger partial charge in [-0.05, 0) is 82.5 Å². The number of unbranched alkanes of at least 4 members (excludes halogenated alkanes) is 2. The second kappa shape index (κ2) is 16.2. The van der Waals surface area contributed by atoms with E-state index in [0.29, 0.717) is 19.0 Å². The first-order valence-electron chi connectivity index (χ1n) is 14.2. The van der Waals surface area contributed by atoms with Crippen molar-refractivity contribution in [1.29, 1.82) is 0 Å². The minimum absolute atomic E-state index is 0.103. The fourth-order valence-corrected chi connectivity index (χ4v) is 4.48. The largest absolute Gasteiger partial charge is 0.464 e. The van der Waals surface area contributed by atoms with Crippen molar-refractivity contribution in [3.63, 3.8) is 0 Å². The summed E-state index contributed by atoms with van der Waals surface area (Å²) < 4.78 is 11.1. The van der Waals surface area contributed by atoms with Crippen LogP contribution in [0.2, 0.25) is 0 Å². The van der Waals surface area contributed by atoms with Gasteiger partial charge in [0.05, 0.1) is 12.7 Å². The van der Waals surface area contributed by atoms with Crippen LogP contribution in [-0.2, 0) is 27.1 Å². The molecule has 3 heterocycles. The van der Waals surface area contributed by atoms with Gasteiger partial charge in [0.15, 0.2) is 0 Å². The Kier molecular flexibility index (Phi) is 12.7. The number of carbonyl (C=O) groups is 1. The highest BCUT2D eigenvalue weighted by molar-refractivity contribution is 5.78. The van der Waals surface area contributed by atoms with Gasteiger partial charge in [-0.1, -0.05) is 19.4 Å². The maximum Gasteiger partial charge on any atom is 0.328 e. The Balaban J connectivity index is 1.54. The minimum atomic E-state index is -0.512. The summed E-state index contributed by atoms with van der Waals surface area (Å²) in [6.07, 6.45) is 11.4. The zero-order valence-corrected chi connectivity index (χ0v) is 23.7. The number of hydrogen-bond acceptors (Lipinski definition) is 9. The van der Waals surface area contributed by atoms with E-state index >= 15 is 0 Å². The topological polar surface area (TPSA) is 102 Å². The van der Waals surface area contributed by atoms with E-state index in [0.717, 1.165) is 81.8 Å². The zero-order chi connectivity index (χ0) is 27.2. The molecule has 2 aromatic rings. The molecule has 0 aliphatic carbocycles. The fourth-order valence-electron chi connectivity index (χ4n) is 4.48. The number of nitrogens with one attached hydrogen (secondary N) is 2. The highest BCUT2D eigenvalue weighted by atomic mass is 16.5. The number of aryl methyl sites for hydroxylation is 3. The van der Waals surface area contributed by atoms with E-state index in [2.05, 4.69) is 51.5 Å². The number of esters is 1. The first-order valence-corrected chi connectivity index (χ1v) is 14.2. The number of pyridine rings is 1. The number of rotatable bonds is 17. The van der Waals surface area contributed by atoms with Gasteiger partial charge in [-0.25, -0.2) is 19.7 Å². The number of methoxy groups -OCH3 is 1. The number of aromatic nitrogens is 3. The molecule has 210 valence electrons. The van der Waals surface area contributed by atoms with Crippen LogP contribution in [0.5, 0.6) is 0 Å². The van der Waals surface area contributed by atoms with Crippen molar-refractivity contribution in [2.45, 2.75) is 84.3 Å². The fraction of sp³-hybridized carbons (Fsp3) is 0.655. The van der Waals surface area contributed by atoms with Crippen molar-refractivity contribution in [3.05, 3.63) is 41.3 Å². The molecule has 3 rings (SSSR count). The van der Waals surface area contributed by atoms with E-state index in [4.69, 9.17) is 14.5 Å². The van der Waals surface area contributed by atoms with Crippen molar-refractivity contribution < 1.29 is 14.3 Å². The van der Waals surface area contributed by atoms with Crippen LogP contribution in [0.15, 0.2) is 24.5 Å². The molecule has 2 atom stereocenters. The van der Waals surface area contributed by atoms with Gasteiger partial charge in [0, 0.05) is 44.8 Å². The normalized spacial score (nSPS) is 14.4. The number of nitrogens with zero attached hydrogens (tertiary/aromatic N) is 4. The van der Waals surface area contributed by atoms with Gasteiger partial charge >= 0.3 is 5.97 Å². The molecule has 2 aromatic heterocycles. The van der Waals surface area contributed by atoms with Gasteiger partial charge in [0.2, 0.25) is 5.95 Å². The van der Waals surface area contributed by atoms with E-state index in [1.165, 1.54) is 12.0 Å². The molecule has 0 aromatic carbocycles. The van der Waals surface area contributed by atoms with Crippen LogP contribution in [0.1, 0.15) is 69.2 Å². The zero-order valence-electron chi connectivity index (χ0n) is 23.7. The Labute approximate surface area is 228 Å². The van der Waals surface area contributed by atoms with Crippen molar-refractivity contribution in [2.75, 3.05) is 50.5 Å². The maximum absolute atomic E-state index is 12.9. The third-order valence-corrected chi connectivity index (χ3v) is 6.87. The van der Waals surface area contributed by atoms with Crippen LogP contribution < -0.4 is 10.6 Å². The number of hydrogen-bond donors (Lipinski definition) is 2. The van der Waals surface area contributed by atoms with E-state index < -0.39 is 6.04 Å². The predicted molar refractivity (Wildman–Crippen MR) is 152 cm³/mol. The van der Waals surface area contributed by atoms with E-state index in [1.807, 2.05) is 6.92 Å². The Morgan fingerprint density at radius 2 is 2.00 bits per heavy atom. The van der Waals surface area contributed by atoms with Crippen molar-refractivity contribution in [1.82, 2.24) is 19.9 Å². The molecule has 0 fully saturated rings. The molecule has 0 amide bonds. The molecular formula is C29H46N6O3. The van der Waals surface area contributed by atoms with Gasteiger partial charge in [-0.3, -0.25) is 0 Å². The van der Waals surface area contributed by atoms with E-state index in [-0.39, 0.29) is 12.1 Å². The van der Waals surface area contributed by atoms with Crippen molar-refractivity contribution >= 4 is 17.7 Å². The molecule has 1 unspecified atom stereocenters. The molecule has 9 heteroatoms. The highest BCUT2D eigenvalue weighted by Gasteiger charge is 2.23.